The number of rotatable bonds is 2. The van der Waals surface area contributed by atoms with Gasteiger partial charge in [0.25, 0.3) is 0 Å². The number of halogens is 1. The molecular weight excluding hydrogens is 209 g/mol. The topological polar surface area (TPSA) is 40.5 Å². The molecule has 0 radical (unpaired) electrons. The fraction of sp³-hybridized carbons (Fsp3) is 0.417. The van der Waals surface area contributed by atoms with E-state index in [1.54, 1.807) is 6.07 Å². The highest BCUT2D eigenvalue weighted by molar-refractivity contribution is 5.94. The van der Waals surface area contributed by atoms with Crippen LogP contribution < -0.4 is 4.90 Å². The number of hydrogen-bond acceptors (Lipinski definition) is 2. The molecule has 1 aromatic carbocycles. The monoisotopic (exact) mass is 223 g/mol. The van der Waals surface area contributed by atoms with E-state index < -0.39 is 11.8 Å². The molecule has 1 fully saturated rings. The molecule has 0 amide bonds. The fourth-order valence-electron chi connectivity index (χ4n) is 2.22. The Kier molecular flexibility index (Phi) is 2.81. The zero-order valence-electron chi connectivity index (χ0n) is 9.11. The molecule has 1 N–H and O–H groups in total. The Bertz CT molecular complexity index is 419. The van der Waals surface area contributed by atoms with Crippen molar-refractivity contribution in [2.75, 3.05) is 11.4 Å². The van der Waals surface area contributed by atoms with Gasteiger partial charge in [-0.15, -0.1) is 0 Å². The Morgan fingerprint density at radius 2 is 2.31 bits per heavy atom. The molecule has 1 unspecified atom stereocenters. The summed E-state index contributed by atoms with van der Waals surface area (Å²) in [5, 5.41) is 9.04. The van der Waals surface area contributed by atoms with Crippen molar-refractivity contribution in [1.82, 2.24) is 0 Å². The SMILES string of the molecule is CC1CCCN1c1ccc(F)cc1C(=O)O. The van der Waals surface area contributed by atoms with Gasteiger partial charge in [0.05, 0.1) is 11.3 Å². The van der Waals surface area contributed by atoms with E-state index in [4.69, 9.17) is 5.11 Å². The van der Waals surface area contributed by atoms with E-state index in [0.717, 1.165) is 25.5 Å². The van der Waals surface area contributed by atoms with E-state index in [0.29, 0.717) is 11.7 Å². The summed E-state index contributed by atoms with van der Waals surface area (Å²) >= 11 is 0. The van der Waals surface area contributed by atoms with Crippen molar-refractivity contribution in [1.29, 1.82) is 0 Å². The molecule has 1 aliphatic rings. The third kappa shape index (κ3) is 1.87. The summed E-state index contributed by atoms with van der Waals surface area (Å²) < 4.78 is 13.0. The van der Waals surface area contributed by atoms with E-state index in [2.05, 4.69) is 6.92 Å². The molecule has 4 heteroatoms. The van der Waals surface area contributed by atoms with Crippen LogP contribution in [-0.2, 0) is 0 Å². The summed E-state index contributed by atoms with van der Waals surface area (Å²) in [6.07, 6.45) is 2.11. The minimum Gasteiger partial charge on any atom is -0.478 e. The molecule has 1 aromatic rings. The highest BCUT2D eigenvalue weighted by Gasteiger charge is 2.24. The van der Waals surface area contributed by atoms with Crippen molar-refractivity contribution >= 4 is 11.7 Å². The van der Waals surface area contributed by atoms with Crippen molar-refractivity contribution in [2.45, 2.75) is 25.8 Å². The smallest absolute Gasteiger partial charge is 0.337 e. The van der Waals surface area contributed by atoms with Crippen LogP contribution in [0.3, 0.4) is 0 Å². The van der Waals surface area contributed by atoms with Crippen LogP contribution >= 0.6 is 0 Å². The van der Waals surface area contributed by atoms with Gasteiger partial charge in [0.1, 0.15) is 5.82 Å². The summed E-state index contributed by atoms with van der Waals surface area (Å²) in [7, 11) is 0. The van der Waals surface area contributed by atoms with E-state index in [-0.39, 0.29) is 5.56 Å². The first-order valence-electron chi connectivity index (χ1n) is 5.39. The van der Waals surface area contributed by atoms with Gasteiger partial charge < -0.3 is 10.0 Å². The van der Waals surface area contributed by atoms with Crippen LogP contribution in [-0.4, -0.2) is 23.7 Å². The molecule has 0 aromatic heterocycles. The normalized spacial score (nSPS) is 20.1. The van der Waals surface area contributed by atoms with Gasteiger partial charge in [-0.25, -0.2) is 9.18 Å². The fourth-order valence-corrected chi connectivity index (χ4v) is 2.22. The van der Waals surface area contributed by atoms with E-state index in [9.17, 15) is 9.18 Å². The van der Waals surface area contributed by atoms with Crippen molar-refractivity contribution in [2.24, 2.45) is 0 Å². The number of benzene rings is 1. The van der Waals surface area contributed by atoms with E-state index in [1.807, 2.05) is 4.90 Å². The molecule has 16 heavy (non-hydrogen) atoms. The number of carboxylic acids is 1. The van der Waals surface area contributed by atoms with Gasteiger partial charge >= 0.3 is 5.97 Å². The summed E-state index contributed by atoms with van der Waals surface area (Å²) in [6, 6.07) is 4.28. The van der Waals surface area contributed by atoms with Crippen LogP contribution in [0.25, 0.3) is 0 Å². The number of aromatic carboxylic acids is 1. The van der Waals surface area contributed by atoms with Crippen molar-refractivity contribution in [3.05, 3.63) is 29.6 Å². The Morgan fingerprint density at radius 1 is 1.56 bits per heavy atom. The molecule has 1 atom stereocenters. The van der Waals surface area contributed by atoms with Gasteiger partial charge in [0.2, 0.25) is 0 Å². The summed E-state index contributed by atoms with van der Waals surface area (Å²) in [4.78, 5) is 13.1. The summed E-state index contributed by atoms with van der Waals surface area (Å²) in [5.74, 6) is -1.58. The van der Waals surface area contributed by atoms with Gasteiger partial charge in [0, 0.05) is 12.6 Å². The molecule has 1 heterocycles. The molecule has 86 valence electrons. The molecule has 2 rings (SSSR count). The molecule has 1 saturated heterocycles. The van der Waals surface area contributed by atoms with Gasteiger partial charge in [-0.3, -0.25) is 0 Å². The lowest BCUT2D eigenvalue weighted by Crippen LogP contribution is -2.28. The molecule has 3 nitrogen and oxygen atoms in total. The first kappa shape index (κ1) is 10.9. The maximum Gasteiger partial charge on any atom is 0.337 e. The predicted octanol–water partition coefficient (Wildman–Crippen LogP) is 2.51. The average molecular weight is 223 g/mol. The second kappa shape index (κ2) is 4.12. The lowest BCUT2D eigenvalue weighted by atomic mass is 10.1. The molecular formula is C12H14FNO2. The van der Waals surface area contributed by atoms with Crippen molar-refractivity contribution in [3.63, 3.8) is 0 Å². The standard InChI is InChI=1S/C12H14FNO2/c1-8-3-2-6-14(8)11-5-4-9(13)7-10(11)12(15)16/h4-5,7-8H,2-3,6H2,1H3,(H,15,16). The Balaban J connectivity index is 2.43. The number of carboxylic acid groups (broad SMARTS) is 1. The van der Waals surface area contributed by atoms with Gasteiger partial charge in [-0.05, 0) is 38.0 Å². The minimum atomic E-state index is -1.08. The van der Waals surface area contributed by atoms with Crippen LogP contribution in [0.1, 0.15) is 30.1 Å². The highest BCUT2D eigenvalue weighted by atomic mass is 19.1. The maximum atomic E-state index is 13.0. The lowest BCUT2D eigenvalue weighted by Gasteiger charge is -2.25. The van der Waals surface area contributed by atoms with Crippen LogP contribution in [0.15, 0.2) is 18.2 Å². The first-order chi connectivity index (χ1) is 7.59. The largest absolute Gasteiger partial charge is 0.478 e. The quantitative estimate of drug-likeness (QED) is 0.837. The number of carbonyl (C=O) groups is 1. The van der Waals surface area contributed by atoms with Crippen LogP contribution in [0.2, 0.25) is 0 Å². The molecule has 0 bridgehead atoms. The Hall–Kier alpha value is -1.58. The second-order valence-corrected chi connectivity index (χ2v) is 4.15. The van der Waals surface area contributed by atoms with Crippen LogP contribution in [0.4, 0.5) is 10.1 Å². The second-order valence-electron chi connectivity index (χ2n) is 4.15. The zero-order chi connectivity index (χ0) is 11.7. The lowest BCUT2D eigenvalue weighted by molar-refractivity contribution is 0.0697. The molecule has 0 aliphatic carbocycles. The van der Waals surface area contributed by atoms with E-state index >= 15 is 0 Å². The predicted molar refractivity (Wildman–Crippen MR) is 59.4 cm³/mol. The Labute approximate surface area is 93.5 Å². The van der Waals surface area contributed by atoms with Crippen LogP contribution in [0.5, 0.6) is 0 Å². The molecule has 0 saturated carbocycles. The average Bonchev–Trinajstić information content (AvgIpc) is 2.64. The number of hydrogen-bond donors (Lipinski definition) is 1. The minimum absolute atomic E-state index is 0.0498. The van der Waals surface area contributed by atoms with Crippen molar-refractivity contribution < 1.29 is 14.3 Å². The molecule has 1 aliphatic heterocycles. The summed E-state index contributed by atoms with van der Waals surface area (Å²) in [6.45, 7) is 2.90. The van der Waals surface area contributed by atoms with Crippen molar-refractivity contribution in [3.8, 4) is 0 Å². The van der Waals surface area contributed by atoms with Crippen LogP contribution in [0, 0.1) is 5.82 Å². The van der Waals surface area contributed by atoms with Gasteiger partial charge in [-0.2, -0.15) is 0 Å². The Morgan fingerprint density at radius 3 is 2.88 bits per heavy atom. The van der Waals surface area contributed by atoms with Gasteiger partial charge in [0.15, 0.2) is 0 Å². The summed E-state index contributed by atoms with van der Waals surface area (Å²) in [5.41, 5.74) is 0.674. The number of nitrogens with zero attached hydrogens (tertiary/aromatic N) is 1. The molecule has 0 spiro atoms. The third-order valence-corrected chi connectivity index (χ3v) is 3.05. The third-order valence-electron chi connectivity index (χ3n) is 3.05. The van der Waals surface area contributed by atoms with E-state index in [1.165, 1.54) is 6.07 Å². The highest BCUT2D eigenvalue weighted by Crippen LogP contribution is 2.29. The maximum absolute atomic E-state index is 13.0. The number of anilines is 1. The first-order valence-corrected chi connectivity index (χ1v) is 5.39. The van der Waals surface area contributed by atoms with Gasteiger partial charge in [-0.1, -0.05) is 0 Å². The zero-order valence-corrected chi connectivity index (χ0v) is 9.11.